The van der Waals surface area contributed by atoms with Crippen LogP contribution in [0.5, 0.6) is 0 Å². The fourth-order valence-electron chi connectivity index (χ4n) is 0.844. The second-order valence-corrected chi connectivity index (χ2v) is 2.19. The Morgan fingerprint density at radius 1 is 1.42 bits per heavy atom. The topological polar surface area (TPSA) is 32.9 Å². The van der Waals surface area contributed by atoms with Crippen molar-refractivity contribution in [3.8, 4) is 0 Å². The molecule has 0 aromatic carbocycles. The zero-order valence-corrected chi connectivity index (χ0v) is 5.98. The molecule has 1 heterocycles. The summed E-state index contributed by atoms with van der Waals surface area (Å²) in [6, 6.07) is 1.87. The number of halogens is 3. The van der Waals surface area contributed by atoms with Gasteiger partial charge in [-0.1, -0.05) is 0 Å². The van der Waals surface area contributed by atoms with Crippen molar-refractivity contribution in [2.24, 2.45) is 0 Å². The molecule has 0 aliphatic rings. The zero-order valence-electron chi connectivity index (χ0n) is 5.98. The van der Waals surface area contributed by atoms with E-state index >= 15 is 0 Å². The maximum atomic E-state index is 12.1. The maximum Gasteiger partial charge on any atom is 0.265 e. The van der Waals surface area contributed by atoms with Crippen molar-refractivity contribution in [2.45, 2.75) is 13.1 Å². The molecule has 1 N–H and O–H groups in total. The first kappa shape index (κ1) is 8.83. The van der Waals surface area contributed by atoms with Crippen molar-refractivity contribution in [1.29, 1.82) is 0 Å². The fourth-order valence-corrected chi connectivity index (χ4v) is 0.844. The van der Waals surface area contributed by atoms with Crippen LogP contribution in [0.25, 0.3) is 0 Å². The summed E-state index contributed by atoms with van der Waals surface area (Å²) < 4.78 is 36.1. The van der Waals surface area contributed by atoms with E-state index in [1.54, 1.807) is 0 Å². The minimum atomic E-state index is -2.76. The molecule has 5 heteroatoms. The second-order valence-electron chi connectivity index (χ2n) is 2.19. The monoisotopic (exact) mass is 177 g/mol. The summed E-state index contributed by atoms with van der Waals surface area (Å²) in [6.07, 6.45) is -2.76. The Kier molecular flexibility index (Phi) is 2.52. The lowest BCUT2D eigenvalue weighted by atomic mass is 10.2. The van der Waals surface area contributed by atoms with E-state index < -0.39 is 24.2 Å². The Bertz CT molecular complexity index is 321. The van der Waals surface area contributed by atoms with Gasteiger partial charge in [-0.3, -0.25) is 4.79 Å². The molecular weight excluding hydrogens is 171 g/mol. The summed E-state index contributed by atoms with van der Waals surface area (Å²) >= 11 is 0. The number of aromatic amines is 1. The number of nitrogens with one attached hydrogen (secondary N) is 1. The highest BCUT2D eigenvalue weighted by atomic mass is 19.3. The molecule has 1 aromatic rings. The molecule has 66 valence electrons. The van der Waals surface area contributed by atoms with Crippen molar-refractivity contribution in [3.63, 3.8) is 0 Å². The molecule has 0 saturated heterocycles. The number of aromatic nitrogens is 1. The van der Waals surface area contributed by atoms with Gasteiger partial charge in [-0.15, -0.1) is 0 Å². The maximum absolute atomic E-state index is 12.1. The van der Waals surface area contributed by atoms with Crippen LogP contribution >= 0.6 is 0 Å². The first-order valence-corrected chi connectivity index (χ1v) is 3.21. The lowest BCUT2D eigenvalue weighted by molar-refractivity contribution is 0.148. The predicted octanol–water partition coefficient (Wildman–Crippen LogP) is 1.78. The Labute approximate surface area is 66.0 Å². The molecule has 0 fully saturated rings. The molecule has 0 saturated carbocycles. The molecule has 2 nitrogen and oxygen atoms in total. The van der Waals surface area contributed by atoms with Gasteiger partial charge in [0.1, 0.15) is 6.67 Å². The summed E-state index contributed by atoms with van der Waals surface area (Å²) in [5.41, 5.74) is -1.39. The average Bonchev–Trinajstić information content (AvgIpc) is 2.03. The van der Waals surface area contributed by atoms with Gasteiger partial charge >= 0.3 is 0 Å². The van der Waals surface area contributed by atoms with E-state index in [0.29, 0.717) is 0 Å². The van der Waals surface area contributed by atoms with Crippen LogP contribution in [0.15, 0.2) is 16.9 Å². The number of hydrogen-bond acceptors (Lipinski definition) is 1. The van der Waals surface area contributed by atoms with Crippen molar-refractivity contribution in [2.75, 3.05) is 0 Å². The van der Waals surface area contributed by atoms with Gasteiger partial charge in [0, 0.05) is 11.6 Å². The molecule has 0 bridgehead atoms. The SMILES string of the molecule is O=c1ccc(C(F)F)c(CF)[nH]1. The first-order valence-electron chi connectivity index (χ1n) is 3.21. The number of hydrogen-bond donors (Lipinski definition) is 1. The van der Waals surface area contributed by atoms with Gasteiger partial charge in [0.15, 0.2) is 0 Å². The van der Waals surface area contributed by atoms with E-state index in [4.69, 9.17) is 0 Å². The van der Waals surface area contributed by atoms with Gasteiger partial charge in [0.05, 0.1) is 5.69 Å². The Balaban J connectivity index is 3.20. The third kappa shape index (κ3) is 1.66. The number of rotatable bonds is 2. The molecule has 0 unspecified atom stereocenters. The largest absolute Gasteiger partial charge is 0.323 e. The molecule has 12 heavy (non-hydrogen) atoms. The molecule has 1 rings (SSSR count). The van der Waals surface area contributed by atoms with Crippen LogP contribution in [-0.4, -0.2) is 4.98 Å². The number of alkyl halides is 3. The summed E-state index contributed by atoms with van der Waals surface area (Å²) in [5, 5.41) is 0. The Hall–Kier alpha value is -1.26. The number of pyridine rings is 1. The smallest absolute Gasteiger partial charge is 0.265 e. The Morgan fingerprint density at radius 2 is 2.08 bits per heavy atom. The summed E-state index contributed by atoms with van der Waals surface area (Å²) in [5.74, 6) is 0. The van der Waals surface area contributed by atoms with Crippen LogP contribution in [0.1, 0.15) is 17.7 Å². The van der Waals surface area contributed by atoms with Crippen molar-refractivity contribution < 1.29 is 13.2 Å². The van der Waals surface area contributed by atoms with E-state index in [0.717, 1.165) is 12.1 Å². The van der Waals surface area contributed by atoms with Crippen LogP contribution in [0.3, 0.4) is 0 Å². The third-order valence-electron chi connectivity index (χ3n) is 1.41. The van der Waals surface area contributed by atoms with E-state index in [-0.39, 0.29) is 5.69 Å². The molecule has 0 amide bonds. The van der Waals surface area contributed by atoms with Crippen molar-refractivity contribution in [3.05, 3.63) is 33.7 Å². The van der Waals surface area contributed by atoms with Crippen LogP contribution in [0, 0.1) is 0 Å². The average molecular weight is 177 g/mol. The van der Waals surface area contributed by atoms with E-state index in [2.05, 4.69) is 0 Å². The van der Waals surface area contributed by atoms with Crippen LogP contribution in [0.4, 0.5) is 13.2 Å². The van der Waals surface area contributed by atoms with E-state index in [1.807, 2.05) is 4.98 Å². The summed E-state index contributed by atoms with van der Waals surface area (Å²) in [4.78, 5) is 12.6. The predicted molar refractivity (Wildman–Crippen MR) is 36.8 cm³/mol. The highest BCUT2D eigenvalue weighted by Crippen LogP contribution is 2.20. The van der Waals surface area contributed by atoms with Crippen molar-refractivity contribution >= 4 is 0 Å². The van der Waals surface area contributed by atoms with Gasteiger partial charge in [-0.2, -0.15) is 0 Å². The summed E-state index contributed by atoms with van der Waals surface area (Å²) in [7, 11) is 0. The molecule has 0 aliphatic heterocycles. The van der Waals surface area contributed by atoms with Crippen LogP contribution < -0.4 is 5.56 Å². The quantitative estimate of drug-likeness (QED) is 0.733. The molecule has 0 atom stereocenters. The zero-order chi connectivity index (χ0) is 9.14. The van der Waals surface area contributed by atoms with Gasteiger partial charge < -0.3 is 4.98 Å². The highest BCUT2D eigenvalue weighted by molar-refractivity contribution is 5.20. The van der Waals surface area contributed by atoms with Gasteiger partial charge in [0.2, 0.25) is 5.56 Å². The molecule has 0 radical (unpaired) electrons. The minimum absolute atomic E-state index is 0.350. The molecule has 0 spiro atoms. The van der Waals surface area contributed by atoms with E-state index in [9.17, 15) is 18.0 Å². The van der Waals surface area contributed by atoms with Crippen molar-refractivity contribution in [1.82, 2.24) is 4.98 Å². The van der Waals surface area contributed by atoms with E-state index in [1.165, 1.54) is 0 Å². The van der Waals surface area contributed by atoms with Crippen LogP contribution in [0.2, 0.25) is 0 Å². The normalized spacial score (nSPS) is 10.7. The Morgan fingerprint density at radius 3 is 2.58 bits per heavy atom. The minimum Gasteiger partial charge on any atom is -0.323 e. The number of H-pyrrole nitrogens is 1. The third-order valence-corrected chi connectivity index (χ3v) is 1.41. The van der Waals surface area contributed by atoms with Gasteiger partial charge in [0.25, 0.3) is 6.43 Å². The lowest BCUT2D eigenvalue weighted by Gasteiger charge is -2.03. The van der Waals surface area contributed by atoms with Gasteiger partial charge in [-0.05, 0) is 6.07 Å². The second kappa shape index (κ2) is 3.42. The molecule has 0 aliphatic carbocycles. The van der Waals surface area contributed by atoms with Gasteiger partial charge in [-0.25, -0.2) is 13.2 Å². The highest BCUT2D eigenvalue weighted by Gasteiger charge is 2.12. The lowest BCUT2D eigenvalue weighted by Crippen LogP contribution is -2.09. The van der Waals surface area contributed by atoms with Crippen LogP contribution in [-0.2, 0) is 6.67 Å². The summed E-state index contributed by atoms with van der Waals surface area (Å²) in [6.45, 7) is -1.09. The first-order chi connectivity index (χ1) is 5.65. The molecule has 1 aromatic heterocycles. The fraction of sp³-hybridized carbons (Fsp3) is 0.286. The molecular formula is C7H6F3NO. The standard InChI is InChI=1S/C7H6F3NO/c8-3-5-4(7(9)10)1-2-6(12)11-5/h1-2,7H,3H2,(H,11,12).